The van der Waals surface area contributed by atoms with Gasteiger partial charge in [0.05, 0.1) is 17.8 Å². The van der Waals surface area contributed by atoms with Crippen LogP contribution in [-0.2, 0) is 23.8 Å². The number of aliphatic hydroxyl groups is 1. The molecule has 0 aromatic heterocycles. The van der Waals surface area contributed by atoms with Gasteiger partial charge in [-0.05, 0) is 47.5 Å². The molecule has 2 bridgehead atoms. The Kier molecular flexibility index (Phi) is 4.08. The molecule has 0 aromatic carbocycles. The highest BCUT2D eigenvalue weighted by Crippen LogP contribution is 2.66. The summed E-state index contributed by atoms with van der Waals surface area (Å²) in [4.78, 5) is 24.7. The largest absolute Gasteiger partial charge is 0.458 e. The van der Waals surface area contributed by atoms with Crippen molar-refractivity contribution in [1.29, 1.82) is 0 Å². The SMILES string of the molecule is C=C(C)C(=O)OC1C2CC3C1OC(=O)C3(C(C)(C)OCC(C)(C)O)C2. The molecule has 6 nitrogen and oxygen atoms in total. The summed E-state index contributed by atoms with van der Waals surface area (Å²) in [6.45, 7) is 12.5. The number of carbonyl (C=O) groups is 2. The van der Waals surface area contributed by atoms with E-state index >= 15 is 0 Å². The minimum absolute atomic E-state index is 0.0373. The Hall–Kier alpha value is -1.40. The van der Waals surface area contributed by atoms with Gasteiger partial charge < -0.3 is 19.3 Å². The highest BCUT2D eigenvalue weighted by Gasteiger charge is 2.76. The highest BCUT2D eigenvalue weighted by atomic mass is 16.6. The number of ether oxygens (including phenoxy) is 3. The zero-order chi connectivity index (χ0) is 18.8. The van der Waals surface area contributed by atoms with Crippen LogP contribution in [0.3, 0.4) is 0 Å². The van der Waals surface area contributed by atoms with E-state index < -0.39 is 34.8 Å². The van der Waals surface area contributed by atoms with E-state index in [9.17, 15) is 14.7 Å². The fourth-order valence-electron chi connectivity index (χ4n) is 4.76. The van der Waals surface area contributed by atoms with Crippen molar-refractivity contribution in [3.05, 3.63) is 12.2 Å². The molecule has 1 N–H and O–H groups in total. The smallest absolute Gasteiger partial charge is 0.333 e. The third-order valence-electron chi connectivity index (χ3n) is 6.02. The van der Waals surface area contributed by atoms with Crippen molar-refractivity contribution in [3.63, 3.8) is 0 Å². The molecule has 140 valence electrons. The van der Waals surface area contributed by atoms with Crippen LogP contribution in [0.4, 0.5) is 0 Å². The molecule has 25 heavy (non-hydrogen) atoms. The minimum Gasteiger partial charge on any atom is -0.458 e. The first kappa shape index (κ1) is 18.4. The molecule has 3 fully saturated rings. The molecule has 0 radical (unpaired) electrons. The second kappa shape index (κ2) is 5.55. The molecular weight excluding hydrogens is 324 g/mol. The number of fused-ring (bicyclic) bond motifs is 1. The van der Waals surface area contributed by atoms with E-state index in [0.717, 1.165) is 6.42 Å². The second-order valence-corrected chi connectivity index (χ2v) is 8.91. The van der Waals surface area contributed by atoms with Gasteiger partial charge in [-0.2, -0.15) is 0 Å². The summed E-state index contributed by atoms with van der Waals surface area (Å²) >= 11 is 0. The first-order valence-electron chi connectivity index (χ1n) is 8.83. The quantitative estimate of drug-likeness (QED) is 0.581. The van der Waals surface area contributed by atoms with Crippen LogP contribution in [0.5, 0.6) is 0 Å². The average molecular weight is 352 g/mol. The lowest BCUT2D eigenvalue weighted by Crippen LogP contribution is -2.54. The van der Waals surface area contributed by atoms with Gasteiger partial charge in [-0.25, -0.2) is 4.79 Å². The summed E-state index contributed by atoms with van der Waals surface area (Å²) in [6, 6.07) is 0. The van der Waals surface area contributed by atoms with Gasteiger partial charge in [0, 0.05) is 17.4 Å². The molecule has 2 aliphatic carbocycles. The first-order valence-corrected chi connectivity index (χ1v) is 8.83. The van der Waals surface area contributed by atoms with Gasteiger partial charge >= 0.3 is 11.9 Å². The van der Waals surface area contributed by atoms with E-state index in [1.165, 1.54) is 0 Å². The van der Waals surface area contributed by atoms with Crippen molar-refractivity contribution in [3.8, 4) is 0 Å². The van der Waals surface area contributed by atoms with E-state index in [1.54, 1.807) is 20.8 Å². The Labute approximate surface area is 148 Å². The fourth-order valence-corrected chi connectivity index (χ4v) is 4.76. The predicted molar refractivity (Wildman–Crippen MR) is 89.5 cm³/mol. The van der Waals surface area contributed by atoms with E-state index in [0.29, 0.717) is 12.0 Å². The van der Waals surface area contributed by atoms with Crippen LogP contribution in [0.1, 0.15) is 47.5 Å². The Morgan fingerprint density at radius 2 is 2.04 bits per heavy atom. The molecular formula is C19H28O6. The molecule has 3 aliphatic rings. The molecule has 0 spiro atoms. The molecule has 1 saturated heterocycles. The van der Waals surface area contributed by atoms with E-state index in [1.807, 2.05) is 13.8 Å². The van der Waals surface area contributed by atoms with Crippen LogP contribution < -0.4 is 0 Å². The molecule has 2 saturated carbocycles. The van der Waals surface area contributed by atoms with Gasteiger partial charge in [-0.15, -0.1) is 0 Å². The van der Waals surface area contributed by atoms with E-state index in [-0.39, 0.29) is 24.4 Å². The normalized spacial score (nSPS) is 36.5. The summed E-state index contributed by atoms with van der Waals surface area (Å²) in [7, 11) is 0. The Balaban J connectivity index is 1.82. The summed E-state index contributed by atoms with van der Waals surface area (Å²) in [5.41, 5.74) is -2.17. The third-order valence-corrected chi connectivity index (χ3v) is 6.02. The molecule has 1 heterocycles. The maximum absolute atomic E-state index is 12.8. The summed E-state index contributed by atoms with van der Waals surface area (Å²) in [5.74, 6) is -0.678. The lowest BCUT2D eigenvalue weighted by molar-refractivity contribution is -0.178. The van der Waals surface area contributed by atoms with Gasteiger partial charge in [0.15, 0.2) is 0 Å². The zero-order valence-corrected chi connectivity index (χ0v) is 15.6. The molecule has 1 aliphatic heterocycles. The molecule has 6 heteroatoms. The van der Waals surface area contributed by atoms with Gasteiger partial charge in [0.2, 0.25) is 0 Å². The Bertz CT molecular complexity index is 616. The number of rotatable bonds is 6. The van der Waals surface area contributed by atoms with Gasteiger partial charge in [-0.3, -0.25) is 4.79 Å². The standard InChI is InChI=1S/C19H28O6/c1-10(2)15(20)24-13-11-7-12-14(13)25-16(21)19(12,8-11)18(5,6)23-9-17(3,4)22/h11-14,22H,1,7-9H2,2-6H3. The van der Waals surface area contributed by atoms with E-state index in [4.69, 9.17) is 14.2 Å². The van der Waals surface area contributed by atoms with Crippen molar-refractivity contribution in [2.24, 2.45) is 17.3 Å². The number of carbonyl (C=O) groups excluding carboxylic acids is 2. The molecule has 3 rings (SSSR count). The number of hydrogen-bond donors (Lipinski definition) is 1. The summed E-state index contributed by atoms with van der Waals surface area (Å²) in [6.07, 6.45) is 0.526. The van der Waals surface area contributed by atoms with Crippen molar-refractivity contribution >= 4 is 11.9 Å². The Morgan fingerprint density at radius 1 is 1.40 bits per heavy atom. The molecule has 0 aromatic rings. The topological polar surface area (TPSA) is 82.1 Å². The van der Waals surface area contributed by atoms with Gasteiger partial charge in [-0.1, -0.05) is 6.58 Å². The van der Waals surface area contributed by atoms with E-state index in [2.05, 4.69) is 6.58 Å². The number of esters is 2. The van der Waals surface area contributed by atoms with Crippen molar-refractivity contribution in [2.45, 2.75) is 70.9 Å². The monoisotopic (exact) mass is 352 g/mol. The van der Waals surface area contributed by atoms with Crippen LogP contribution >= 0.6 is 0 Å². The maximum Gasteiger partial charge on any atom is 0.333 e. The van der Waals surface area contributed by atoms with Crippen molar-refractivity contribution in [1.82, 2.24) is 0 Å². The van der Waals surface area contributed by atoms with Crippen LogP contribution in [-0.4, -0.2) is 47.1 Å². The lowest BCUT2D eigenvalue weighted by atomic mass is 9.64. The van der Waals surface area contributed by atoms with Crippen LogP contribution in [0.25, 0.3) is 0 Å². The molecule has 0 amide bonds. The average Bonchev–Trinajstić information content (AvgIpc) is 3.07. The molecule has 5 atom stereocenters. The fraction of sp³-hybridized carbons (Fsp3) is 0.789. The highest BCUT2D eigenvalue weighted by molar-refractivity contribution is 5.87. The third kappa shape index (κ3) is 2.70. The zero-order valence-electron chi connectivity index (χ0n) is 15.6. The maximum atomic E-state index is 12.8. The van der Waals surface area contributed by atoms with Crippen LogP contribution in [0.15, 0.2) is 12.2 Å². The van der Waals surface area contributed by atoms with Gasteiger partial charge in [0.25, 0.3) is 0 Å². The van der Waals surface area contributed by atoms with Crippen LogP contribution in [0.2, 0.25) is 0 Å². The van der Waals surface area contributed by atoms with Crippen LogP contribution in [0, 0.1) is 17.3 Å². The summed E-state index contributed by atoms with van der Waals surface area (Å²) in [5, 5.41) is 9.97. The molecule has 5 unspecified atom stereocenters. The Morgan fingerprint density at radius 3 is 2.60 bits per heavy atom. The van der Waals surface area contributed by atoms with Gasteiger partial charge in [0.1, 0.15) is 17.6 Å². The second-order valence-electron chi connectivity index (χ2n) is 8.91. The first-order chi connectivity index (χ1) is 11.4. The van der Waals surface area contributed by atoms with Crippen molar-refractivity contribution in [2.75, 3.05) is 6.61 Å². The summed E-state index contributed by atoms with van der Waals surface area (Å²) < 4.78 is 17.2. The minimum atomic E-state index is -0.979. The lowest BCUT2D eigenvalue weighted by Gasteiger charge is -2.44. The number of hydrogen-bond acceptors (Lipinski definition) is 6. The predicted octanol–water partition coefficient (Wildman–Crippen LogP) is 1.99. The van der Waals surface area contributed by atoms with Crippen molar-refractivity contribution < 1.29 is 28.9 Å².